The molecule has 1 aliphatic heterocycles. The van der Waals surface area contributed by atoms with Crippen molar-refractivity contribution in [3.05, 3.63) is 70.3 Å². The number of nitrogens with one attached hydrogen (secondary N) is 3. The lowest BCUT2D eigenvalue weighted by atomic mass is 10.0. The lowest BCUT2D eigenvalue weighted by molar-refractivity contribution is 0.130. The molecule has 2 aromatic rings. The third-order valence-electron chi connectivity index (χ3n) is 4.53. The van der Waals surface area contributed by atoms with Crippen LogP contribution in [0.4, 0.5) is 5.69 Å². The van der Waals surface area contributed by atoms with Crippen LogP contribution in [0.5, 0.6) is 0 Å². The van der Waals surface area contributed by atoms with Crippen LogP contribution in [0.25, 0.3) is 5.70 Å². The van der Waals surface area contributed by atoms with Crippen molar-refractivity contribution in [2.24, 2.45) is 10.7 Å². The van der Waals surface area contributed by atoms with Gasteiger partial charge in [0.2, 0.25) is 0 Å². The molecule has 7 heteroatoms. The molecule has 3 rings (SSSR count). The van der Waals surface area contributed by atoms with Crippen molar-refractivity contribution in [3.8, 4) is 0 Å². The van der Waals surface area contributed by atoms with Crippen molar-refractivity contribution in [1.29, 1.82) is 0 Å². The summed E-state index contributed by atoms with van der Waals surface area (Å²) in [5, 5.41) is 7.34. The highest BCUT2D eigenvalue weighted by molar-refractivity contribution is 6.31. The number of nitrogens with zero attached hydrogens (tertiary/aromatic N) is 1. The van der Waals surface area contributed by atoms with E-state index in [9.17, 15) is 0 Å². The van der Waals surface area contributed by atoms with Gasteiger partial charge in [0, 0.05) is 17.1 Å². The fraction of sp³-hybridized carbons (Fsp3) is 0.318. The van der Waals surface area contributed by atoms with Gasteiger partial charge in [0.15, 0.2) is 5.96 Å². The Kier molecular flexibility index (Phi) is 7.14. The number of guanidine groups is 1. The Morgan fingerprint density at radius 2 is 2.03 bits per heavy atom. The number of aliphatic imine (C=N–C) groups is 1. The number of nitrogens with two attached hydrogens (primary N) is 1. The van der Waals surface area contributed by atoms with Gasteiger partial charge in [-0.25, -0.2) is 4.99 Å². The van der Waals surface area contributed by atoms with E-state index in [0.29, 0.717) is 5.96 Å². The van der Waals surface area contributed by atoms with E-state index < -0.39 is 0 Å². The van der Waals surface area contributed by atoms with Crippen LogP contribution in [0.15, 0.2) is 53.5 Å². The first kappa shape index (κ1) is 21.2. The third-order valence-corrected chi connectivity index (χ3v) is 4.94. The van der Waals surface area contributed by atoms with Crippen molar-refractivity contribution >= 4 is 28.9 Å². The van der Waals surface area contributed by atoms with Crippen LogP contribution in [0.3, 0.4) is 0 Å². The molecular formula is C22H28ClN5O. The molecule has 1 aliphatic rings. The Labute approximate surface area is 177 Å². The number of halogens is 1. The minimum Gasteiger partial charge on any atom is -0.370 e. The number of anilines is 1. The van der Waals surface area contributed by atoms with E-state index in [4.69, 9.17) is 22.2 Å². The Morgan fingerprint density at radius 3 is 2.83 bits per heavy atom. The summed E-state index contributed by atoms with van der Waals surface area (Å²) in [5.41, 5.74) is 13.9. The van der Waals surface area contributed by atoms with Crippen molar-refractivity contribution in [2.75, 3.05) is 12.0 Å². The summed E-state index contributed by atoms with van der Waals surface area (Å²) in [6, 6.07) is 14.0. The van der Waals surface area contributed by atoms with Crippen molar-refractivity contribution < 1.29 is 4.84 Å². The second-order valence-electron chi connectivity index (χ2n) is 7.26. The highest BCUT2D eigenvalue weighted by Gasteiger charge is 2.16. The van der Waals surface area contributed by atoms with E-state index in [0.717, 1.165) is 40.5 Å². The van der Waals surface area contributed by atoms with Gasteiger partial charge >= 0.3 is 0 Å². The molecule has 6 nitrogen and oxygen atoms in total. The van der Waals surface area contributed by atoms with Crippen LogP contribution in [-0.4, -0.2) is 24.8 Å². The summed E-state index contributed by atoms with van der Waals surface area (Å²) >= 11 is 6.26. The summed E-state index contributed by atoms with van der Waals surface area (Å²) in [5.74, 6) is 0.386. The molecule has 0 spiro atoms. The van der Waals surface area contributed by atoms with Gasteiger partial charge in [0.05, 0.1) is 17.5 Å². The van der Waals surface area contributed by atoms with E-state index in [1.165, 1.54) is 5.56 Å². The first-order valence-electron chi connectivity index (χ1n) is 9.74. The quantitative estimate of drug-likeness (QED) is 0.494. The van der Waals surface area contributed by atoms with Crippen LogP contribution in [0.1, 0.15) is 30.5 Å². The maximum Gasteiger partial charge on any atom is 0.195 e. The van der Waals surface area contributed by atoms with E-state index in [1.54, 1.807) is 0 Å². The second kappa shape index (κ2) is 9.78. The predicted octanol–water partition coefficient (Wildman–Crippen LogP) is 3.82. The summed E-state index contributed by atoms with van der Waals surface area (Å²) in [6.45, 7) is 6.73. The van der Waals surface area contributed by atoms with Crippen LogP contribution < -0.4 is 21.8 Å². The van der Waals surface area contributed by atoms with Gasteiger partial charge in [-0.3, -0.25) is 15.6 Å². The summed E-state index contributed by atoms with van der Waals surface area (Å²) in [6.07, 6.45) is 2.91. The molecular weight excluding hydrogens is 386 g/mol. The average molecular weight is 414 g/mol. The largest absolute Gasteiger partial charge is 0.370 e. The number of hydrogen-bond acceptors (Lipinski definition) is 6. The molecule has 0 radical (unpaired) electrons. The standard InChI is InChI=1S/C22H28ClN5O/c1-14(2)29-28-17-7-4-6-16(12-17)10-11-25-21-13-20(26-22(24)27-21)18-8-5-9-19(23)15(18)3/h4-9,12-14,21,25,28H,10-11H2,1-3H3,(H3,24,26,27). The number of benzene rings is 2. The molecule has 5 N–H and O–H groups in total. The molecule has 1 heterocycles. The van der Waals surface area contributed by atoms with Crippen LogP contribution in [0.2, 0.25) is 5.02 Å². The topological polar surface area (TPSA) is 83.7 Å². The molecule has 1 unspecified atom stereocenters. The van der Waals surface area contributed by atoms with Crippen LogP contribution in [0, 0.1) is 6.92 Å². The smallest absolute Gasteiger partial charge is 0.195 e. The fourth-order valence-corrected chi connectivity index (χ4v) is 3.23. The Bertz CT molecular complexity index is 910. The Morgan fingerprint density at radius 1 is 1.24 bits per heavy atom. The van der Waals surface area contributed by atoms with Gasteiger partial charge in [-0.2, -0.15) is 0 Å². The van der Waals surface area contributed by atoms with Gasteiger partial charge < -0.3 is 11.1 Å². The molecule has 0 aromatic heterocycles. The average Bonchev–Trinajstić information content (AvgIpc) is 2.68. The SMILES string of the molecule is Cc1c(Cl)cccc1C1=CC(NCCc2cccc(NOC(C)C)c2)NC(N)=N1. The van der Waals surface area contributed by atoms with Gasteiger partial charge in [-0.05, 0) is 62.6 Å². The van der Waals surface area contributed by atoms with Gasteiger partial charge in [-0.1, -0.05) is 35.9 Å². The van der Waals surface area contributed by atoms with Crippen molar-refractivity contribution in [1.82, 2.24) is 10.6 Å². The molecule has 0 fully saturated rings. The maximum atomic E-state index is 6.26. The van der Waals surface area contributed by atoms with Gasteiger partial charge in [-0.15, -0.1) is 0 Å². The first-order valence-corrected chi connectivity index (χ1v) is 10.1. The van der Waals surface area contributed by atoms with E-state index in [2.05, 4.69) is 33.2 Å². The third kappa shape index (κ3) is 5.97. The zero-order valence-corrected chi connectivity index (χ0v) is 17.8. The molecule has 0 aliphatic carbocycles. The van der Waals surface area contributed by atoms with Crippen molar-refractivity contribution in [3.63, 3.8) is 0 Å². The molecule has 0 amide bonds. The zero-order chi connectivity index (χ0) is 20.8. The molecule has 154 valence electrons. The number of rotatable bonds is 8. The minimum absolute atomic E-state index is 0.105. The Hall–Kier alpha value is -2.54. The van der Waals surface area contributed by atoms with E-state index >= 15 is 0 Å². The van der Waals surface area contributed by atoms with Crippen molar-refractivity contribution in [2.45, 2.75) is 39.5 Å². The highest BCUT2D eigenvalue weighted by Crippen LogP contribution is 2.27. The highest BCUT2D eigenvalue weighted by atomic mass is 35.5. The summed E-state index contributed by atoms with van der Waals surface area (Å²) < 4.78 is 0. The van der Waals surface area contributed by atoms with Gasteiger partial charge in [0.25, 0.3) is 0 Å². The monoisotopic (exact) mass is 413 g/mol. The van der Waals surface area contributed by atoms with E-state index in [1.807, 2.05) is 57.2 Å². The summed E-state index contributed by atoms with van der Waals surface area (Å²) in [7, 11) is 0. The second-order valence-corrected chi connectivity index (χ2v) is 7.66. The normalized spacial score (nSPS) is 16.2. The fourth-order valence-electron chi connectivity index (χ4n) is 3.05. The molecule has 0 bridgehead atoms. The van der Waals surface area contributed by atoms with E-state index in [-0.39, 0.29) is 12.3 Å². The maximum absolute atomic E-state index is 6.26. The molecule has 29 heavy (non-hydrogen) atoms. The van der Waals surface area contributed by atoms with Gasteiger partial charge in [0.1, 0.15) is 6.17 Å². The molecule has 2 aromatic carbocycles. The van der Waals surface area contributed by atoms with Crippen LogP contribution in [-0.2, 0) is 11.3 Å². The lowest BCUT2D eigenvalue weighted by Crippen LogP contribution is -2.49. The lowest BCUT2D eigenvalue weighted by Gasteiger charge is -2.23. The molecule has 1 atom stereocenters. The first-order chi connectivity index (χ1) is 13.9. The number of hydrogen-bond donors (Lipinski definition) is 4. The Balaban J connectivity index is 1.61. The zero-order valence-electron chi connectivity index (χ0n) is 17.0. The molecule has 0 saturated heterocycles. The molecule has 0 saturated carbocycles. The predicted molar refractivity (Wildman–Crippen MR) is 121 cm³/mol. The van der Waals surface area contributed by atoms with Crippen LogP contribution >= 0.6 is 11.6 Å². The summed E-state index contributed by atoms with van der Waals surface area (Å²) in [4.78, 5) is 9.89. The minimum atomic E-state index is -0.105.